The lowest BCUT2D eigenvalue weighted by molar-refractivity contribution is 0.165. The molecule has 0 spiro atoms. The van der Waals surface area contributed by atoms with Gasteiger partial charge in [-0.15, -0.1) is 0 Å². The second-order valence-corrected chi connectivity index (χ2v) is 6.73. The van der Waals surface area contributed by atoms with Crippen molar-refractivity contribution < 1.29 is 8.78 Å². The van der Waals surface area contributed by atoms with Crippen molar-refractivity contribution >= 4 is 21.6 Å². The topological polar surface area (TPSA) is 15.3 Å². The van der Waals surface area contributed by atoms with E-state index < -0.39 is 11.6 Å². The number of nitrogens with zero attached hydrogens (tertiary/aromatic N) is 1. The molecule has 118 valence electrons. The van der Waals surface area contributed by atoms with Gasteiger partial charge in [0.1, 0.15) is 11.6 Å². The molecule has 5 heteroatoms. The van der Waals surface area contributed by atoms with E-state index in [9.17, 15) is 8.78 Å². The molecule has 0 bridgehead atoms. The van der Waals surface area contributed by atoms with E-state index in [4.69, 9.17) is 0 Å². The number of piperidine rings is 1. The predicted molar refractivity (Wildman–Crippen MR) is 86.6 cm³/mol. The molecule has 2 nitrogen and oxygen atoms in total. The van der Waals surface area contributed by atoms with Crippen LogP contribution in [0.5, 0.6) is 0 Å². The van der Waals surface area contributed by atoms with Crippen LogP contribution in [0.2, 0.25) is 0 Å². The van der Waals surface area contributed by atoms with Gasteiger partial charge in [0.15, 0.2) is 0 Å². The summed E-state index contributed by atoms with van der Waals surface area (Å²) in [4.78, 5) is 2.47. The number of halogens is 3. The highest BCUT2D eigenvalue weighted by molar-refractivity contribution is 9.10. The molecule has 1 aromatic carbocycles. The number of anilines is 1. The molecule has 1 heterocycles. The van der Waals surface area contributed by atoms with Crippen LogP contribution in [0.1, 0.15) is 33.1 Å². The Morgan fingerprint density at radius 1 is 1.43 bits per heavy atom. The van der Waals surface area contributed by atoms with Gasteiger partial charge in [0.25, 0.3) is 0 Å². The van der Waals surface area contributed by atoms with Crippen molar-refractivity contribution in [1.29, 1.82) is 0 Å². The van der Waals surface area contributed by atoms with Gasteiger partial charge in [-0.25, -0.2) is 8.78 Å². The van der Waals surface area contributed by atoms with Gasteiger partial charge in [-0.1, -0.05) is 6.92 Å². The molecule has 1 saturated heterocycles. The Hall–Kier alpha value is -0.680. The van der Waals surface area contributed by atoms with Gasteiger partial charge in [-0.05, 0) is 67.2 Å². The summed E-state index contributed by atoms with van der Waals surface area (Å²) in [5.74, 6) is -0.624. The summed E-state index contributed by atoms with van der Waals surface area (Å²) in [6.07, 6.45) is 3.49. The van der Waals surface area contributed by atoms with Crippen LogP contribution in [-0.2, 0) is 0 Å². The van der Waals surface area contributed by atoms with Crippen molar-refractivity contribution in [2.45, 2.75) is 39.2 Å². The predicted octanol–water partition coefficient (Wildman–Crippen LogP) is 4.65. The van der Waals surface area contributed by atoms with Crippen LogP contribution in [0.25, 0.3) is 0 Å². The first-order valence-electron chi connectivity index (χ1n) is 7.64. The highest BCUT2D eigenvalue weighted by Crippen LogP contribution is 2.30. The lowest BCUT2D eigenvalue weighted by Gasteiger charge is -2.36. The molecule has 1 N–H and O–H groups in total. The molecule has 0 aliphatic carbocycles. The number of benzene rings is 1. The molecule has 1 aromatic rings. The van der Waals surface area contributed by atoms with E-state index in [-0.39, 0.29) is 6.04 Å². The van der Waals surface area contributed by atoms with E-state index in [1.807, 2.05) is 0 Å². The zero-order valence-corrected chi connectivity index (χ0v) is 14.2. The van der Waals surface area contributed by atoms with Gasteiger partial charge in [0.05, 0.1) is 5.69 Å². The van der Waals surface area contributed by atoms with E-state index >= 15 is 0 Å². The van der Waals surface area contributed by atoms with Crippen molar-refractivity contribution in [3.8, 4) is 0 Å². The molecular weight excluding hydrogens is 338 g/mol. The van der Waals surface area contributed by atoms with Crippen LogP contribution in [0.15, 0.2) is 16.6 Å². The van der Waals surface area contributed by atoms with Crippen LogP contribution in [-0.4, -0.2) is 30.6 Å². The monoisotopic (exact) mass is 360 g/mol. The first-order chi connectivity index (χ1) is 10.0. The molecule has 2 unspecified atom stereocenters. The van der Waals surface area contributed by atoms with Crippen molar-refractivity contribution in [2.75, 3.05) is 25.0 Å². The van der Waals surface area contributed by atoms with Crippen LogP contribution in [0.4, 0.5) is 14.5 Å². The zero-order chi connectivity index (χ0) is 15.4. The first-order valence-corrected chi connectivity index (χ1v) is 8.44. The summed E-state index contributed by atoms with van der Waals surface area (Å²) >= 11 is 3.23. The summed E-state index contributed by atoms with van der Waals surface area (Å²) < 4.78 is 27.5. The summed E-state index contributed by atoms with van der Waals surface area (Å²) in [6.45, 7) is 7.59. The van der Waals surface area contributed by atoms with E-state index in [1.54, 1.807) is 0 Å². The molecule has 1 aliphatic heterocycles. The molecule has 0 amide bonds. The molecule has 2 atom stereocenters. The van der Waals surface area contributed by atoms with E-state index in [0.29, 0.717) is 16.1 Å². The minimum Gasteiger partial charge on any atom is -0.379 e. The largest absolute Gasteiger partial charge is 0.379 e. The Balaban J connectivity index is 2.02. The smallest absolute Gasteiger partial charge is 0.150 e. The Morgan fingerprint density at radius 2 is 2.19 bits per heavy atom. The number of rotatable bonds is 5. The normalized spacial score (nSPS) is 21.3. The third-order valence-corrected chi connectivity index (χ3v) is 4.79. The Morgan fingerprint density at radius 3 is 2.86 bits per heavy atom. The maximum absolute atomic E-state index is 13.9. The third kappa shape index (κ3) is 4.39. The number of hydrogen-bond donors (Lipinski definition) is 1. The van der Waals surface area contributed by atoms with Crippen molar-refractivity contribution in [3.05, 3.63) is 28.2 Å². The standard InChI is InChI=1S/C16H23BrF2N2/c1-3-6-21-7-4-5-12(10-21)11(2)20-16-14(17)8-13(18)9-15(16)19/h8-9,11-12,20H,3-7,10H2,1-2H3. The average molecular weight is 361 g/mol. The van der Waals surface area contributed by atoms with Gasteiger partial charge in [0.2, 0.25) is 0 Å². The van der Waals surface area contributed by atoms with Crippen molar-refractivity contribution in [3.63, 3.8) is 0 Å². The minimum atomic E-state index is -0.565. The molecule has 0 aromatic heterocycles. The molecule has 21 heavy (non-hydrogen) atoms. The number of hydrogen-bond acceptors (Lipinski definition) is 2. The highest BCUT2D eigenvalue weighted by atomic mass is 79.9. The molecule has 2 rings (SSSR count). The summed E-state index contributed by atoms with van der Waals surface area (Å²) in [5, 5.41) is 3.22. The number of nitrogens with one attached hydrogen (secondary N) is 1. The maximum Gasteiger partial charge on any atom is 0.150 e. The van der Waals surface area contributed by atoms with E-state index in [1.165, 1.54) is 12.5 Å². The lowest BCUT2D eigenvalue weighted by atomic mass is 9.91. The summed E-state index contributed by atoms with van der Waals surface area (Å²) in [5.41, 5.74) is 0.358. The second kappa shape index (κ2) is 7.54. The van der Waals surface area contributed by atoms with E-state index in [2.05, 4.69) is 40.0 Å². The maximum atomic E-state index is 13.9. The van der Waals surface area contributed by atoms with E-state index in [0.717, 1.165) is 38.5 Å². The molecule has 0 radical (unpaired) electrons. The van der Waals surface area contributed by atoms with Gasteiger partial charge in [0, 0.05) is 23.1 Å². The third-order valence-electron chi connectivity index (χ3n) is 4.17. The minimum absolute atomic E-state index is 0.154. The van der Waals surface area contributed by atoms with Gasteiger partial charge >= 0.3 is 0 Å². The molecular formula is C16H23BrF2N2. The molecule has 1 fully saturated rings. The quantitative estimate of drug-likeness (QED) is 0.821. The Bertz CT molecular complexity index is 456. The van der Waals surface area contributed by atoms with Crippen LogP contribution in [0.3, 0.4) is 0 Å². The van der Waals surface area contributed by atoms with Crippen LogP contribution >= 0.6 is 15.9 Å². The second-order valence-electron chi connectivity index (χ2n) is 5.88. The summed E-state index contributed by atoms with van der Waals surface area (Å²) in [6, 6.07) is 2.37. The number of likely N-dealkylation sites (tertiary alicyclic amines) is 1. The fourth-order valence-electron chi connectivity index (χ4n) is 3.04. The first kappa shape index (κ1) is 16.7. The van der Waals surface area contributed by atoms with Gasteiger partial charge < -0.3 is 10.2 Å². The van der Waals surface area contributed by atoms with Gasteiger partial charge in [-0.2, -0.15) is 0 Å². The molecule has 1 aliphatic rings. The Kier molecular flexibility index (Phi) is 5.99. The summed E-state index contributed by atoms with van der Waals surface area (Å²) in [7, 11) is 0. The van der Waals surface area contributed by atoms with Crippen LogP contribution < -0.4 is 5.32 Å². The van der Waals surface area contributed by atoms with Crippen molar-refractivity contribution in [1.82, 2.24) is 4.90 Å². The average Bonchev–Trinajstić information content (AvgIpc) is 2.43. The zero-order valence-electron chi connectivity index (χ0n) is 12.6. The molecule has 0 saturated carbocycles. The Labute approximate surface area is 134 Å². The fourth-order valence-corrected chi connectivity index (χ4v) is 3.57. The SMILES string of the molecule is CCCN1CCCC(C(C)Nc2c(F)cc(F)cc2Br)C1. The fraction of sp³-hybridized carbons (Fsp3) is 0.625. The van der Waals surface area contributed by atoms with Crippen molar-refractivity contribution in [2.24, 2.45) is 5.92 Å². The highest BCUT2D eigenvalue weighted by Gasteiger charge is 2.25. The lowest BCUT2D eigenvalue weighted by Crippen LogP contribution is -2.42. The van der Waals surface area contributed by atoms with Gasteiger partial charge in [-0.3, -0.25) is 0 Å². The van der Waals surface area contributed by atoms with Crippen LogP contribution in [0, 0.1) is 17.6 Å².